The fraction of sp³-hybridized carbons (Fsp3) is 0.562. The fourth-order valence-electron chi connectivity index (χ4n) is 2.83. The minimum Gasteiger partial charge on any atom is -0.464 e. The summed E-state index contributed by atoms with van der Waals surface area (Å²) in [5.74, 6) is -0.762. The summed E-state index contributed by atoms with van der Waals surface area (Å²) in [6.07, 6.45) is 0.920. The van der Waals surface area contributed by atoms with Gasteiger partial charge in [-0.25, -0.2) is 9.18 Å². The number of esters is 1. The monoisotopic (exact) mass is 294 g/mol. The second kappa shape index (κ2) is 7.00. The topological polar surface area (TPSA) is 41.6 Å². The molecule has 1 aliphatic heterocycles. The summed E-state index contributed by atoms with van der Waals surface area (Å²) < 4.78 is 19.5. The Hall–Kier alpha value is -1.46. The smallest absolute Gasteiger partial charge is 0.331 e. The van der Waals surface area contributed by atoms with Crippen LogP contribution in [0.15, 0.2) is 24.3 Å². The van der Waals surface area contributed by atoms with Crippen LogP contribution in [0.1, 0.15) is 25.8 Å². The van der Waals surface area contributed by atoms with E-state index in [2.05, 4.69) is 5.32 Å². The Balaban J connectivity index is 2.43. The first-order valence-electron chi connectivity index (χ1n) is 7.48. The van der Waals surface area contributed by atoms with Crippen LogP contribution in [0.3, 0.4) is 0 Å². The molecule has 0 radical (unpaired) electrons. The first-order chi connectivity index (χ1) is 10.1. The van der Waals surface area contributed by atoms with E-state index in [0.717, 1.165) is 26.1 Å². The Morgan fingerprint density at radius 3 is 2.86 bits per heavy atom. The van der Waals surface area contributed by atoms with E-state index in [1.54, 1.807) is 32.0 Å². The Labute approximate surface area is 125 Å². The van der Waals surface area contributed by atoms with Gasteiger partial charge in [-0.05, 0) is 32.9 Å². The molecule has 1 aromatic carbocycles. The minimum absolute atomic E-state index is 0.287. The molecular weight excluding hydrogens is 271 g/mol. The van der Waals surface area contributed by atoms with Crippen LogP contribution in [0, 0.1) is 5.82 Å². The zero-order chi connectivity index (χ0) is 15.3. The van der Waals surface area contributed by atoms with Gasteiger partial charge in [0.05, 0.1) is 6.61 Å². The molecule has 1 aromatic rings. The number of ether oxygens (including phenoxy) is 1. The van der Waals surface area contributed by atoms with Gasteiger partial charge in [0.15, 0.2) is 0 Å². The summed E-state index contributed by atoms with van der Waals surface area (Å²) in [5.41, 5.74) is -0.710. The molecule has 21 heavy (non-hydrogen) atoms. The third-order valence-electron chi connectivity index (χ3n) is 4.04. The molecule has 5 heteroatoms. The fourth-order valence-corrected chi connectivity index (χ4v) is 2.83. The molecular formula is C16H23FN2O2. The van der Waals surface area contributed by atoms with Crippen LogP contribution in [0.2, 0.25) is 0 Å². The van der Waals surface area contributed by atoms with Crippen molar-refractivity contribution in [2.45, 2.75) is 25.8 Å². The van der Waals surface area contributed by atoms with Gasteiger partial charge in [-0.15, -0.1) is 0 Å². The summed E-state index contributed by atoms with van der Waals surface area (Å²) in [5, 5.41) is 3.30. The molecule has 0 spiro atoms. The molecule has 1 heterocycles. The molecule has 0 saturated carbocycles. The van der Waals surface area contributed by atoms with Crippen LogP contribution in [-0.2, 0) is 15.1 Å². The predicted octanol–water partition coefficient (Wildman–Crippen LogP) is 1.90. The van der Waals surface area contributed by atoms with E-state index in [-0.39, 0.29) is 12.4 Å². The average Bonchev–Trinajstić information content (AvgIpc) is 2.76. The quantitative estimate of drug-likeness (QED) is 0.861. The Morgan fingerprint density at radius 1 is 1.38 bits per heavy atom. The number of nitrogens with one attached hydrogen (secondary N) is 1. The van der Waals surface area contributed by atoms with Gasteiger partial charge in [0.25, 0.3) is 0 Å². The highest BCUT2D eigenvalue weighted by Gasteiger charge is 2.44. The molecule has 4 nitrogen and oxygen atoms in total. The van der Waals surface area contributed by atoms with Crippen molar-refractivity contribution in [2.75, 3.05) is 32.8 Å². The number of benzene rings is 1. The highest BCUT2D eigenvalue weighted by molar-refractivity contribution is 5.82. The lowest BCUT2D eigenvalue weighted by Gasteiger charge is -2.39. The van der Waals surface area contributed by atoms with E-state index in [1.807, 2.05) is 4.90 Å². The number of rotatable bonds is 4. The standard InChI is InChI=1S/C16H23FN2O2/c1-3-21-15(20)16(2,13-7-4-5-8-14(13)17)19-11-6-9-18-10-12-19/h4-5,7-8,18H,3,6,9-12H2,1-2H3. The van der Waals surface area contributed by atoms with Crippen LogP contribution in [0.4, 0.5) is 4.39 Å². The maximum atomic E-state index is 14.3. The largest absolute Gasteiger partial charge is 0.464 e. The maximum absolute atomic E-state index is 14.3. The zero-order valence-corrected chi connectivity index (χ0v) is 12.7. The first-order valence-corrected chi connectivity index (χ1v) is 7.48. The molecule has 1 unspecified atom stereocenters. The molecule has 0 aromatic heterocycles. The van der Waals surface area contributed by atoms with Gasteiger partial charge in [-0.2, -0.15) is 0 Å². The highest BCUT2D eigenvalue weighted by Crippen LogP contribution is 2.32. The third-order valence-corrected chi connectivity index (χ3v) is 4.04. The van der Waals surface area contributed by atoms with Crippen molar-refractivity contribution in [3.63, 3.8) is 0 Å². The van der Waals surface area contributed by atoms with Gasteiger partial charge < -0.3 is 10.1 Å². The van der Waals surface area contributed by atoms with E-state index in [0.29, 0.717) is 12.1 Å². The van der Waals surface area contributed by atoms with Crippen molar-refractivity contribution in [3.05, 3.63) is 35.6 Å². The molecule has 0 bridgehead atoms. The van der Waals surface area contributed by atoms with Crippen molar-refractivity contribution in [1.82, 2.24) is 10.2 Å². The third kappa shape index (κ3) is 3.24. The van der Waals surface area contributed by atoms with E-state index in [1.165, 1.54) is 6.07 Å². The SMILES string of the molecule is CCOC(=O)C(C)(c1ccccc1F)N1CCCNCC1. The number of nitrogens with zero attached hydrogens (tertiary/aromatic N) is 1. The van der Waals surface area contributed by atoms with E-state index >= 15 is 0 Å². The van der Waals surface area contributed by atoms with Crippen molar-refractivity contribution in [3.8, 4) is 0 Å². The number of carbonyl (C=O) groups is 1. The minimum atomic E-state index is -1.09. The lowest BCUT2D eigenvalue weighted by Crippen LogP contribution is -2.52. The van der Waals surface area contributed by atoms with Crippen LogP contribution in [0.25, 0.3) is 0 Å². The van der Waals surface area contributed by atoms with Gasteiger partial charge in [-0.3, -0.25) is 4.90 Å². The van der Waals surface area contributed by atoms with Crippen molar-refractivity contribution >= 4 is 5.97 Å². The summed E-state index contributed by atoms with van der Waals surface area (Å²) in [7, 11) is 0. The summed E-state index contributed by atoms with van der Waals surface area (Å²) in [4.78, 5) is 14.6. The predicted molar refractivity (Wildman–Crippen MR) is 79.4 cm³/mol. The van der Waals surface area contributed by atoms with Crippen molar-refractivity contribution in [1.29, 1.82) is 0 Å². The molecule has 116 valence electrons. The van der Waals surface area contributed by atoms with Gasteiger partial charge >= 0.3 is 5.97 Å². The van der Waals surface area contributed by atoms with Crippen molar-refractivity contribution in [2.24, 2.45) is 0 Å². The van der Waals surface area contributed by atoms with Gasteiger partial charge in [0.1, 0.15) is 11.4 Å². The van der Waals surface area contributed by atoms with Gasteiger partial charge in [0, 0.05) is 25.2 Å². The maximum Gasteiger partial charge on any atom is 0.331 e. The molecule has 1 saturated heterocycles. The number of hydrogen-bond acceptors (Lipinski definition) is 4. The molecule has 0 aliphatic carbocycles. The second-order valence-corrected chi connectivity index (χ2v) is 5.36. The summed E-state index contributed by atoms with van der Waals surface area (Å²) in [6, 6.07) is 6.45. The summed E-state index contributed by atoms with van der Waals surface area (Å²) in [6.45, 7) is 6.92. The average molecular weight is 294 g/mol. The Bertz CT molecular complexity index is 487. The lowest BCUT2D eigenvalue weighted by molar-refractivity contribution is -0.158. The molecule has 1 N–H and O–H groups in total. The lowest BCUT2D eigenvalue weighted by atomic mass is 9.89. The molecule has 1 fully saturated rings. The van der Waals surface area contributed by atoms with Crippen LogP contribution in [-0.4, -0.2) is 43.7 Å². The highest BCUT2D eigenvalue weighted by atomic mass is 19.1. The number of halogens is 1. The van der Waals surface area contributed by atoms with E-state index in [4.69, 9.17) is 4.74 Å². The summed E-state index contributed by atoms with van der Waals surface area (Å²) >= 11 is 0. The van der Waals surface area contributed by atoms with Crippen LogP contribution >= 0.6 is 0 Å². The van der Waals surface area contributed by atoms with E-state index < -0.39 is 11.5 Å². The number of carbonyl (C=O) groups excluding carboxylic acids is 1. The van der Waals surface area contributed by atoms with Gasteiger partial charge in [0.2, 0.25) is 0 Å². The van der Waals surface area contributed by atoms with Crippen molar-refractivity contribution < 1.29 is 13.9 Å². The van der Waals surface area contributed by atoms with Gasteiger partial charge in [-0.1, -0.05) is 18.2 Å². The normalized spacial score (nSPS) is 19.6. The zero-order valence-electron chi connectivity index (χ0n) is 12.7. The van der Waals surface area contributed by atoms with Crippen LogP contribution in [0.5, 0.6) is 0 Å². The molecule has 0 amide bonds. The Morgan fingerprint density at radius 2 is 2.14 bits per heavy atom. The van der Waals surface area contributed by atoms with Crippen LogP contribution < -0.4 is 5.32 Å². The van der Waals surface area contributed by atoms with E-state index in [9.17, 15) is 9.18 Å². The number of hydrogen-bond donors (Lipinski definition) is 1. The molecule has 1 atom stereocenters. The first kappa shape index (κ1) is 15.9. The molecule has 1 aliphatic rings. The Kier molecular flexibility index (Phi) is 5.31. The second-order valence-electron chi connectivity index (χ2n) is 5.36. The molecule has 2 rings (SSSR count).